The van der Waals surface area contributed by atoms with Crippen molar-refractivity contribution in [3.8, 4) is 0 Å². The minimum Gasteiger partial charge on any atom is -0.393 e. The molecule has 0 amide bonds. The molecule has 5 atom stereocenters. The van der Waals surface area contributed by atoms with Gasteiger partial charge in [-0.1, -0.05) is 19.8 Å². The monoisotopic (exact) mass is 281 g/mol. The molecule has 1 saturated heterocycles. The van der Waals surface area contributed by atoms with E-state index in [-0.39, 0.29) is 6.10 Å². The molecule has 3 heteroatoms. The third-order valence-electron chi connectivity index (χ3n) is 5.81. The van der Waals surface area contributed by atoms with Crippen LogP contribution in [-0.2, 0) is 4.74 Å². The highest BCUT2D eigenvalue weighted by Gasteiger charge is 2.38. The largest absolute Gasteiger partial charge is 0.393 e. The molecule has 1 N–H and O–H groups in total. The molecule has 116 valence electrons. The molecule has 3 rings (SSSR count). The summed E-state index contributed by atoms with van der Waals surface area (Å²) in [5.41, 5.74) is 0. The number of aliphatic hydroxyl groups excluding tert-OH is 1. The van der Waals surface area contributed by atoms with Crippen molar-refractivity contribution >= 4 is 0 Å². The second kappa shape index (κ2) is 6.76. The molecule has 2 saturated carbocycles. The molecule has 3 nitrogen and oxygen atoms in total. The van der Waals surface area contributed by atoms with Crippen molar-refractivity contribution in [2.75, 3.05) is 19.7 Å². The molecule has 0 bridgehead atoms. The fraction of sp³-hybridized carbons (Fsp3) is 1.00. The van der Waals surface area contributed by atoms with Crippen molar-refractivity contribution in [1.29, 1.82) is 0 Å². The molecule has 1 aliphatic heterocycles. The van der Waals surface area contributed by atoms with E-state index in [0.29, 0.717) is 18.1 Å². The van der Waals surface area contributed by atoms with Gasteiger partial charge < -0.3 is 9.84 Å². The van der Waals surface area contributed by atoms with Gasteiger partial charge >= 0.3 is 0 Å². The van der Waals surface area contributed by atoms with Gasteiger partial charge in [0.2, 0.25) is 0 Å². The zero-order valence-corrected chi connectivity index (χ0v) is 13.0. The van der Waals surface area contributed by atoms with E-state index in [2.05, 4.69) is 11.8 Å². The molecule has 0 aromatic carbocycles. The SMILES string of the molecule is CCCC1CCC(O)C(CN2CCOC3CCCC32)C1. The first-order valence-electron chi connectivity index (χ1n) is 8.81. The predicted octanol–water partition coefficient (Wildman–Crippen LogP) is 2.82. The van der Waals surface area contributed by atoms with E-state index in [1.165, 1.54) is 44.9 Å². The Morgan fingerprint density at radius 3 is 2.95 bits per heavy atom. The minimum atomic E-state index is -0.0641. The van der Waals surface area contributed by atoms with Gasteiger partial charge in [-0.3, -0.25) is 4.90 Å². The van der Waals surface area contributed by atoms with Gasteiger partial charge in [-0.2, -0.15) is 0 Å². The van der Waals surface area contributed by atoms with Gasteiger partial charge in [0.1, 0.15) is 0 Å². The smallest absolute Gasteiger partial charge is 0.0730 e. The fourth-order valence-electron chi connectivity index (χ4n) is 4.75. The van der Waals surface area contributed by atoms with Crippen LogP contribution in [0.15, 0.2) is 0 Å². The van der Waals surface area contributed by atoms with Crippen molar-refractivity contribution in [1.82, 2.24) is 4.90 Å². The number of morpholine rings is 1. The lowest BCUT2D eigenvalue weighted by Crippen LogP contribution is -2.51. The maximum Gasteiger partial charge on any atom is 0.0730 e. The molecular weight excluding hydrogens is 250 g/mol. The molecule has 0 spiro atoms. The number of ether oxygens (including phenoxy) is 1. The summed E-state index contributed by atoms with van der Waals surface area (Å²) in [7, 11) is 0. The molecule has 3 fully saturated rings. The summed E-state index contributed by atoms with van der Waals surface area (Å²) in [5.74, 6) is 1.36. The first-order valence-corrected chi connectivity index (χ1v) is 8.81. The minimum absolute atomic E-state index is 0.0641. The Kier molecular flexibility index (Phi) is 5.00. The maximum atomic E-state index is 10.4. The van der Waals surface area contributed by atoms with Crippen LogP contribution >= 0.6 is 0 Å². The predicted molar refractivity (Wildman–Crippen MR) is 80.7 cm³/mol. The third kappa shape index (κ3) is 3.20. The number of fused-ring (bicyclic) bond motifs is 1. The van der Waals surface area contributed by atoms with Crippen LogP contribution in [0.4, 0.5) is 0 Å². The summed E-state index contributed by atoms with van der Waals surface area (Å²) >= 11 is 0. The lowest BCUT2D eigenvalue weighted by atomic mass is 9.77. The van der Waals surface area contributed by atoms with Gasteiger partial charge in [0, 0.05) is 19.1 Å². The van der Waals surface area contributed by atoms with Gasteiger partial charge in [-0.05, 0) is 50.4 Å². The van der Waals surface area contributed by atoms with E-state index in [9.17, 15) is 5.11 Å². The van der Waals surface area contributed by atoms with Crippen molar-refractivity contribution in [2.45, 2.75) is 76.5 Å². The van der Waals surface area contributed by atoms with Crippen LogP contribution in [0.3, 0.4) is 0 Å². The van der Waals surface area contributed by atoms with E-state index in [1.54, 1.807) is 0 Å². The third-order valence-corrected chi connectivity index (χ3v) is 5.81. The Morgan fingerprint density at radius 2 is 2.10 bits per heavy atom. The van der Waals surface area contributed by atoms with E-state index in [0.717, 1.165) is 32.0 Å². The lowest BCUT2D eigenvalue weighted by Gasteiger charge is -2.42. The molecule has 20 heavy (non-hydrogen) atoms. The molecule has 3 aliphatic rings. The summed E-state index contributed by atoms with van der Waals surface area (Å²) in [4.78, 5) is 2.64. The average molecular weight is 281 g/mol. The summed E-state index contributed by atoms with van der Waals surface area (Å²) in [6.07, 6.45) is 10.4. The first-order chi connectivity index (χ1) is 9.78. The Balaban J connectivity index is 1.57. The van der Waals surface area contributed by atoms with Gasteiger partial charge in [0.05, 0.1) is 18.8 Å². The number of rotatable bonds is 4. The summed E-state index contributed by atoms with van der Waals surface area (Å²) in [5, 5.41) is 10.4. The van der Waals surface area contributed by atoms with Crippen LogP contribution < -0.4 is 0 Å². The molecule has 0 aromatic rings. The van der Waals surface area contributed by atoms with Crippen LogP contribution in [0.1, 0.15) is 58.3 Å². The van der Waals surface area contributed by atoms with Crippen LogP contribution in [0.5, 0.6) is 0 Å². The van der Waals surface area contributed by atoms with Crippen LogP contribution in [0.2, 0.25) is 0 Å². The second-order valence-corrected chi connectivity index (χ2v) is 7.20. The van der Waals surface area contributed by atoms with E-state index < -0.39 is 0 Å². The molecule has 2 aliphatic carbocycles. The summed E-state index contributed by atoms with van der Waals surface area (Å²) in [6, 6.07) is 0.641. The van der Waals surface area contributed by atoms with E-state index in [1.807, 2.05) is 0 Å². The number of aliphatic hydroxyl groups is 1. The van der Waals surface area contributed by atoms with Gasteiger partial charge in [-0.15, -0.1) is 0 Å². The molecule has 0 aromatic heterocycles. The van der Waals surface area contributed by atoms with Crippen molar-refractivity contribution < 1.29 is 9.84 Å². The van der Waals surface area contributed by atoms with Crippen molar-refractivity contribution in [2.24, 2.45) is 11.8 Å². The van der Waals surface area contributed by atoms with Crippen LogP contribution in [0, 0.1) is 11.8 Å². The molecule has 0 radical (unpaired) electrons. The van der Waals surface area contributed by atoms with Crippen LogP contribution in [0.25, 0.3) is 0 Å². The quantitative estimate of drug-likeness (QED) is 0.860. The zero-order chi connectivity index (χ0) is 13.9. The molecule has 1 heterocycles. The van der Waals surface area contributed by atoms with E-state index >= 15 is 0 Å². The highest BCUT2D eigenvalue weighted by molar-refractivity contribution is 4.92. The number of nitrogens with zero attached hydrogens (tertiary/aromatic N) is 1. The summed E-state index contributed by atoms with van der Waals surface area (Å²) < 4.78 is 5.90. The maximum absolute atomic E-state index is 10.4. The van der Waals surface area contributed by atoms with Crippen molar-refractivity contribution in [3.05, 3.63) is 0 Å². The lowest BCUT2D eigenvalue weighted by molar-refractivity contribution is -0.0728. The Bertz CT molecular complexity index is 309. The normalized spacial score (nSPS) is 42.6. The Labute approximate surface area is 123 Å². The van der Waals surface area contributed by atoms with E-state index in [4.69, 9.17) is 4.74 Å². The first kappa shape index (κ1) is 14.8. The highest BCUT2D eigenvalue weighted by atomic mass is 16.5. The molecular formula is C17H31NO2. The summed E-state index contributed by atoms with van der Waals surface area (Å²) in [6.45, 7) is 5.35. The fourth-order valence-corrected chi connectivity index (χ4v) is 4.75. The standard InChI is InChI=1S/C17H31NO2/c1-2-4-13-7-8-16(19)14(11-13)12-18-9-10-20-17-6-3-5-15(17)18/h13-17,19H,2-12H2,1H3. The number of hydrogen-bond donors (Lipinski definition) is 1. The number of hydrogen-bond acceptors (Lipinski definition) is 3. The Hall–Kier alpha value is -0.120. The average Bonchev–Trinajstić information content (AvgIpc) is 2.92. The Morgan fingerprint density at radius 1 is 1.20 bits per heavy atom. The van der Waals surface area contributed by atoms with Gasteiger partial charge in [0.25, 0.3) is 0 Å². The highest BCUT2D eigenvalue weighted by Crippen LogP contribution is 2.35. The van der Waals surface area contributed by atoms with Gasteiger partial charge in [-0.25, -0.2) is 0 Å². The topological polar surface area (TPSA) is 32.7 Å². The molecule has 5 unspecified atom stereocenters. The van der Waals surface area contributed by atoms with Crippen molar-refractivity contribution in [3.63, 3.8) is 0 Å². The van der Waals surface area contributed by atoms with Crippen LogP contribution in [-0.4, -0.2) is 48.0 Å². The second-order valence-electron chi connectivity index (χ2n) is 7.20. The zero-order valence-electron chi connectivity index (χ0n) is 13.0. The van der Waals surface area contributed by atoms with Gasteiger partial charge in [0.15, 0.2) is 0 Å².